The van der Waals surface area contributed by atoms with Gasteiger partial charge >= 0.3 is 13.7 Å². The molecule has 0 fully saturated rings. The van der Waals surface area contributed by atoms with E-state index >= 15 is 0 Å². The fourth-order valence-corrected chi connectivity index (χ4v) is 17.8. The number of thioether (sulfide) groups is 2. The molecule has 6 aromatic heterocycles. The molecule has 12 aromatic carbocycles. The predicted molar refractivity (Wildman–Crippen MR) is 356 cm³/mol. The quantitative estimate of drug-likeness (QED) is 0.131. The molecule has 10 heteroatoms. The standard InChI is InChI=1S/C74H40B2N4O2S2/c1-83-39-26-28-60-50(32-39)47-19-11-20-57-69(47)78(60)71-65-53(48-17-9-15-45-41-12-4-7-22-61(41)79(67(45)48)75(57)65)36-56-51-30-37(25-29-64(51)82-74(56)71)38-24-27-43-46-16-10-18-49-52-35-55-44-14-5-8-23-63(44)81-73(55)72-66(52)76(80(68(46)49)62(43)31-38)58-34-40(84-2)33-54-42-13-3-6-21-59(42)77(72)70(54)58/h3-36H,1-2H3. The van der Waals surface area contributed by atoms with Crippen LogP contribution in [0.1, 0.15) is 0 Å². The molecule has 22 rings (SSSR count). The zero-order chi connectivity index (χ0) is 54.3. The molecule has 0 spiro atoms. The van der Waals surface area contributed by atoms with Gasteiger partial charge in [-0.1, -0.05) is 127 Å². The molecule has 0 bridgehead atoms. The van der Waals surface area contributed by atoms with E-state index in [-0.39, 0.29) is 13.7 Å². The van der Waals surface area contributed by atoms with Crippen LogP contribution in [0.15, 0.2) is 225 Å². The van der Waals surface area contributed by atoms with Gasteiger partial charge in [0.2, 0.25) is 0 Å². The summed E-state index contributed by atoms with van der Waals surface area (Å²) in [5.41, 5.74) is 28.4. The summed E-state index contributed by atoms with van der Waals surface area (Å²) >= 11 is 3.62. The lowest BCUT2D eigenvalue weighted by Crippen LogP contribution is -2.55. The summed E-state index contributed by atoms with van der Waals surface area (Å²) in [5, 5.41) is 14.7. The number of nitrogens with zero attached hydrogens (tertiary/aromatic N) is 4. The Hall–Kier alpha value is -9.73. The number of benzene rings is 12. The minimum Gasteiger partial charge on any atom is -0.454 e. The monoisotopic (exact) mass is 1100 g/mol. The minimum absolute atomic E-state index is 0.0635. The molecule has 386 valence electrons. The Kier molecular flexibility index (Phi) is 7.79. The molecule has 0 saturated heterocycles. The van der Waals surface area contributed by atoms with Crippen molar-refractivity contribution in [1.29, 1.82) is 0 Å². The van der Waals surface area contributed by atoms with E-state index in [2.05, 4.69) is 237 Å². The number of fused-ring (bicyclic) bond motifs is 28. The molecule has 4 aliphatic rings. The van der Waals surface area contributed by atoms with Gasteiger partial charge in [-0.15, -0.1) is 23.5 Å². The normalized spacial score (nSPS) is 13.6. The summed E-state index contributed by atoms with van der Waals surface area (Å²) in [5.74, 6) is 0. The summed E-state index contributed by atoms with van der Waals surface area (Å²) in [6, 6.07) is 78.3. The molecule has 6 nitrogen and oxygen atoms in total. The highest BCUT2D eigenvalue weighted by Crippen LogP contribution is 2.51. The molecule has 0 amide bonds. The van der Waals surface area contributed by atoms with Gasteiger partial charge in [0.15, 0.2) is 11.2 Å². The number of hydrogen-bond donors (Lipinski definition) is 0. The molecule has 18 aromatic rings. The van der Waals surface area contributed by atoms with Crippen molar-refractivity contribution in [2.24, 2.45) is 0 Å². The van der Waals surface area contributed by atoms with E-state index in [0.29, 0.717) is 0 Å². The number of hydrogen-bond acceptors (Lipinski definition) is 4. The first-order valence-corrected chi connectivity index (χ1v) is 31.4. The second-order valence-electron chi connectivity index (χ2n) is 23.7. The molecule has 84 heavy (non-hydrogen) atoms. The van der Waals surface area contributed by atoms with E-state index < -0.39 is 0 Å². The molecule has 10 heterocycles. The summed E-state index contributed by atoms with van der Waals surface area (Å²) in [7, 11) is 0. The van der Waals surface area contributed by atoms with Crippen molar-refractivity contribution < 1.29 is 8.83 Å². The number of rotatable bonds is 3. The average Bonchev–Trinajstić information content (AvgIpc) is 1.91. The Morgan fingerprint density at radius 1 is 0.321 bits per heavy atom. The molecule has 0 unspecified atom stereocenters. The van der Waals surface area contributed by atoms with Crippen LogP contribution in [0.25, 0.3) is 176 Å². The van der Waals surface area contributed by atoms with Crippen LogP contribution in [-0.4, -0.2) is 44.3 Å². The van der Waals surface area contributed by atoms with Crippen LogP contribution in [0.5, 0.6) is 0 Å². The zero-order valence-corrected chi connectivity index (χ0v) is 46.8. The van der Waals surface area contributed by atoms with Gasteiger partial charge in [0.1, 0.15) is 11.2 Å². The lowest BCUT2D eigenvalue weighted by atomic mass is 9.45. The van der Waals surface area contributed by atoms with Crippen molar-refractivity contribution in [2.45, 2.75) is 9.79 Å². The van der Waals surface area contributed by atoms with Gasteiger partial charge in [-0.25, -0.2) is 0 Å². The SMILES string of the molecule is CSc1ccc2c(c1)c1cccc3c1n2-c1c2c(cc4c1oc1ccc(-c5ccc6c7cccc8c7n(c6c5)B5c6c-8cc7c(oc8ccccc87)c6-n6c7ccccc7c7cc(SC)cc5c76)cc14)-c1cccc4c5ccccc5n(c14)B23. The number of furan rings is 2. The van der Waals surface area contributed by atoms with Gasteiger partial charge in [0, 0.05) is 108 Å². The van der Waals surface area contributed by atoms with Crippen molar-refractivity contribution in [2.75, 3.05) is 12.5 Å². The van der Waals surface area contributed by atoms with E-state index in [1.54, 1.807) is 11.8 Å². The summed E-state index contributed by atoms with van der Waals surface area (Å²) in [6.45, 7) is -0.195. The van der Waals surface area contributed by atoms with Gasteiger partial charge in [0.25, 0.3) is 0 Å². The third-order valence-corrected chi connectivity index (χ3v) is 21.5. The van der Waals surface area contributed by atoms with Crippen LogP contribution in [0.3, 0.4) is 0 Å². The summed E-state index contributed by atoms with van der Waals surface area (Å²) in [6.07, 6.45) is 4.38. The fourth-order valence-electron chi connectivity index (χ4n) is 16.9. The fraction of sp³-hybridized carbons (Fsp3) is 0.0270. The maximum atomic E-state index is 7.40. The van der Waals surface area contributed by atoms with Crippen LogP contribution in [0.4, 0.5) is 0 Å². The highest BCUT2D eigenvalue weighted by atomic mass is 32.2. The van der Waals surface area contributed by atoms with Gasteiger partial charge < -0.3 is 26.9 Å². The Labute approximate surface area is 487 Å². The first-order valence-electron chi connectivity index (χ1n) is 28.9. The van der Waals surface area contributed by atoms with E-state index in [1.807, 2.05) is 11.8 Å². The topological polar surface area (TPSA) is 46.0 Å². The molecule has 0 N–H and O–H groups in total. The number of aromatic nitrogens is 4. The second-order valence-corrected chi connectivity index (χ2v) is 25.4. The lowest BCUT2D eigenvalue weighted by Gasteiger charge is -2.34. The van der Waals surface area contributed by atoms with Crippen molar-refractivity contribution in [3.05, 3.63) is 206 Å². The number of para-hydroxylation sites is 6. The molecular formula is C74H40B2N4O2S2. The lowest BCUT2D eigenvalue weighted by molar-refractivity contribution is 0.666. The van der Waals surface area contributed by atoms with E-state index in [1.165, 1.54) is 141 Å². The highest BCUT2D eigenvalue weighted by Gasteiger charge is 2.45. The second kappa shape index (κ2) is 14.9. The molecule has 4 aliphatic heterocycles. The van der Waals surface area contributed by atoms with Gasteiger partial charge in [-0.3, -0.25) is 0 Å². The van der Waals surface area contributed by atoms with Crippen molar-refractivity contribution in [1.82, 2.24) is 18.1 Å². The molecular weight excluding hydrogens is 1060 g/mol. The van der Waals surface area contributed by atoms with E-state index in [4.69, 9.17) is 8.83 Å². The van der Waals surface area contributed by atoms with Crippen LogP contribution >= 0.6 is 23.5 Å². The van der Waals surface area contributed by atoms with Gasteiger partial charge in [-0.05, 0) is 135 Å². The van der Waals surface area contributed by atoms with Crippen LogP contribution < -0.4 is 21.9 Å². The largest absolute Gasteiger partial charge is 0.454 e. The van der Waals surface area contributed by atoms with Crippen molar-refractivity contribution in [3.63, 3.8) is 0 Å². The highest BCUT2D eigenvalue weighted by molar-refractivity contribution is 7.98. The smallest absolute Gasteiger partial charge is 0.333 e. The third-order valence-electron chi connectivity index (χ3n) is 20.1. The maximum Gasteiger partial charge on any atom is 0.333 e. The molecule has 0 aliphatic carbocycles. The van der Waals surface area contributed by atoms with E-state index in [0.717, 1.165) is 66.4 Å². The van der Waals surface area contributed by atoms with Crippen molar-refractivity contribution in [3.8, 4) is 44.8 Å². The Morgan fingerprint density at radius 3 is 1.60 bits per heavy atom. The first kappa shape index (κ1) is 43.9. The Bertz CT molecular complexity index is 6250. The van der Waals surface area contributed by atoms with Crippen LogP contribution in [0, 0.1) is 0 Å². The molecule has 0 saturated carbocycles. The Balaban J connectivity index is 0.825. The maximum absolute atomic E-state index is 7.40. The molecule has 0 atom stereocenters. The van der Waals surface area contributed by atoms with E-state index in [9.17, 15) is 0 Å². The van der Waals surface area contributed by atoms with Gasteiger partial charge in [-0.2, -0.15) is 0 Å². The zero-order valence-electron chi connectivity index (χ0n) is 45.2. The molecule has 0 radical (unpaired) electrons. The predicted octanol–water partition coefficient (Wildman–Crippen LogP) is 16.9. The average molecular weight is 1100 g/mol. The van der Waals surface area contributed by atoms with Crippen LogP contribution in [-0.2, 0) is 0 Å². The first-order chi connectivity index (χ1) is 41.6. The summed E-state index contributed by atoms with van der Waals surface area (Å²) in [4.78, 5) is 2.52. The van der Waals surface area contributed by atoms with Gasteiger partial charge in [0.05, 0.1) is 33.4 Å². The third kappa shape index (κ3) is 4.95. The van der Waals surface area contributed by atoms with Crippen LogP contribution in [0.2, 0.25) is 0 Å². The Morgan fingerprint density at radius 2 is 0.857 bits per heavy atom. The summed E-state index contributed by atoms with van der Waals surface area (Å²) < 4.78 is 24.9. The minimum atomic E-state index is -0.131. The van der Waals surface area contributed by atoms with Crippen molar-refractivity contribution >= 4 is 190 Å².